The second kappa shape index (κ2) is 9.24. The largest absolute Gasteiger partial charge is 0.376 e. The minimum Gasteiger partial charge on any atom is -0.376 e. The van der Waals surface area contributed by atoms with Crippen molar-refractivity contribution in [3.05, 3.63) is 77.1 Å². The van der Waals surface area contributed by atoms with Crippen LogP contribution in [0.1, 0.15) is 46.1 Å². The molecule has 0 bridgehead atoms. The molecule has 188 valence electrons. The number of carbonyl (C=O) groups excluding carboxylic acids is 1. The van der Waals surface area contributed by atoms with Crippen molar-refractivity contribution in [2.75, 3.05) is 12.4 Å². The van der Waals surface area contributed by atoms with E-state index < -0.39 is 21.6 Å². The van der Waals surface area contributed by atoms with Crippen LogP contribution in [-0.2, 0) is 27.7 Å². The Labute approximate surface area is 212 Å². The highest BCUT2D eigenvalue weighted by Crippen LogP contribution is 2.39. The summed E-state index contributed by atoms with van der Waals surface area (Å²) in [5, 5.41) is 2.68. The number of rotatable bonds is 5. The normalized spacial score (nSPS) is 16.7. The number of nitrogens with one attached hydrogen (secondary N) is 1. The molecule has 3 aromatic heterocycles. The summed E-state index contributed by atoms with van der Waals surface area (Å²) in [5.74, 6) is -1.16. The van der Waals surface area contributed by atoms with Gasteiger partial charge in [0.25, 0.3) is 5.91 Å². The van der Waals surface area contributed by atoms with Crippen molar-refractivity contribution in [3.63, 3.8) is 0 Å². The van der Waals surface area contributed by atoms with Gasteiger partial charge in [-0.05, 0) is 43.2 Å². The lowest BCUT2D eigenvalue weighted by Crippen LogP contribution is -2.24. The van der Waals surface area contributed by atoms with Crippen molar-refractivity contribution in [1.29, 1.82) is 0 Å². The molecule has 1 amide bonds. The predicted molar refractivity (Wildman–Crippen MR) is 132 cm³/mol. The molecule has 0 radical (unpaired) electrons. The molecule has 0 spiro atoms. The summed E-state index contributed by atoms with van der Waals surface area (Å²) in [7, 11) is -3.76. The zero-order valence-electron chi connectivity index (χ0n) is 19.6. The fraction of sp³-hybridized carbons (Fsp3) is 0.269. The Morgan fingerprint density at radius 1 is 1.05 bits per heavy atom. The summed E-state index contributed by atoms with van der Waals surface area (Å²) in [5.41, 5.74) is 4.01. The summed E-state index contributed by atoms with van der Waals surface area (Å²) in [4.78, 5) is 30.8. The molecular weight excluding hydrogens is 497 g/mol. The summed E-state index contributed by atoms with van der Waals surface area (Å²) in [6.07, 6.45) is 5.54. The highest BCUT2D eigenvalue weighted by Gasteiger charge is 2.27. The Bertz CT molecular complexity index is 1660. The molecule has 1 fully saturated rings. The first kappa shape index (κ1) is 23.6. The molecule has 1 saturated carbocycles. The maximum Gasteiger partial charge on any atom is 0.251 e. The number of benzene rings is 1. The van der Waals surface area contributed by atoms with Crippen LogP contribution < -0.4 is 5.32 Å². The van der Waals surface area contributed by atoms with Crippen LogP contribution in [0.3, 0.4) is 0 Å². The first-order valence-corrected chi connectivity index (χ1v) is 13.5. The highest BCUT2D eigenvalue weighted by molar-refractivity contribution is 7.91. The number of amides is 1. The lowest BCUT2D eigenvalue weighted by Gasteiger charge is -2.11. The van der Waals surface area contributed by atoms with E-state index in [0.717, 1.165) is 30.3 Å². The van der Waals surface area contributed by atoms with Crippen LogP contribution >= 0.6 is 0 Å². The third kappa shape index (κ3) is 4.79. The van der Waals surface area contributed by atoms with E-state index in [4.69, 9.17) is 14.7 Å². The monoisotopic (exact) mass is 519 g/mol. The van der Waals surface area contributed by atoms with Crippen LogP contribution in [0.4, 0.5) is 4.39 Å². The summed E-state index contributed by atoms with van der Waals surface area (Å²) in [6.45, 7) is -0.157. The van der Waals surface area contributed by atoms with Gasteiger partial charge >= 0.3 is 0 Å². The Kier molecular flexibility index (Phi) is 5.88. The lowest BCUT2D eigenvalue weighted by molar-refractivity contribution is 0.0949. The highest BCUT2D eigenvalue weighted by atomic mass is 32.2. The number of pyridine rings is 2. The number of sulfone groups is 1. The molecular formula is C26H22FN5O4S. The summed E-state index contributed by atoms with van der Waals surface area (Å²) in [6, 6.07) is 9.84. The molecule has 9 nitrogen and oxygen atoms in total. The van der Waals surface area contributed by atoms with Gasteiger partial charge in [0.2, 0.25) is 0 Å². The van der Waals surface area contributed by atoms with E-state index in [-0.39, 0.29) is 41.5 Å². The SMILES string of the molecule is O=C(NCc1cc2nc(-c3cccc(C4CC4)n3)cnc2cn1)c1cc(F)c2c(c1)S(=O)(=O)CCOC2. The van der Waals surface area contributed by atoms with E-state index in [0.29, 0.717) is 28.3 Å². The number of halogens is 1. The number of ether oxygens (including phenoxy) is 1. The molecule has 4 heterocycles. The fourth-order valence-electron chi connectivity index (χ4n) is 4.26. The summed E-state index contributed by atoms with van der Waals surface area (Å²) >= 11 is 0. The Morgan fingerprint density at radius 2 is 1.92 bits per heavy atom. The smallest absolute Gasteiger partial charge is 0.251 e. The van der Waals surface area contributed by atoms with Crippen LogP contribution in [0.25, 0.3) is 22.4 Å². The van der Waals surface area contributed by atoms with Crippen molar-refractivity contribution in [1.82, 2.24) is 25.3 Å². The van der Waals surface area contributed by atoms with Crippen molar-refractivity contribution < 1.29 is 22.3 Å². The van der Waals surface area contributed by atoms with Crippen molar-refractivity contribution in [3.8, 4) is 11.4 Å². The lowest BCUT2D eigenvalue weighted by atomic mass is 10.1. The minimum absolute atomic E-state index is 0.0295. The average molecular weight is 520 g/mol. The van der Waals surface area contributed by atoms with Gasteiger partial charge in [0.1, 0.15) is 17.0 Å². The summed E-state index contributed by atoms with van der Waals surface area (Å²) < 4.78 is 44.8. The van der Waals surface area contributed by atoms with Gasteiger partial charge in [-0.2, -0.15) is 0 Å². The maximum absolute atomic E-state index is 14.6. The van der Waals surface area contributed by atoms with Crippen molar-refractivity contribution in [2.24, 2.45) is 0 Å². The van der Waals surface area contributed by atoms with Gasteiger partial charge in [-0.1, -0.05) is 6.07 Å². The molecule has 0 atom stereocenters. The van der Waals surface area contributed by atoms with Crippen molar-refractivity contribution in [2.45, 2.75) is 36.8 Å². The van der Waals surface area contributed by atoms with Gasteiger partial charge < -0.3 is 10.1 Å². The van der Waals surface area contributed by atoms with Crippen LogP contribution in [0.2, 0.25) is 0 Å². The molecule has 4 aromatic rings. The maximum atomic E-state index is 14.6. The predicted octanol–water partition coefficient (Wildman–Crippen LogP) is 3.34. The van der Waals surface area contributed by atoms with Gasteiger partial charge in [0.15, 0.2) is 9.84 Å². The molecule has 37 heavy (non-hydrogen) atoms. The van der Waals surface area contributed by atoms with E-state index in [1.165, 1.54) is 6.07 Å². The van der Waals surface area contributed by atoms with Gasteiger partial charge in [-0.25, -0.2) is 17.8 Å². The first-order valence-electron chi connectivity index (χ1n) is 11.9. The second-order valence-electron chi connectivity index (χ2n) is 9.13. The average Bonchev–Trinajstić information content (AvgIpc) is 3.76. The Morgan fingerprint density at radius 3 is 2.76 bits per heavy atom. The molecule has 1 N–H and O–H groups in total. The number of fused-ring (bicyclic) bond motifs is 2. The number of hydrogen-bond donors (Lipinski definition) is 1. The van der Waals surface area contributed by atoms with Gasteiger partial charge in [0.05, 0.1) is 59.7 Å². The zero-order valence-corrected chi connectivity index (χ0v) is 20.5. The zero-order chi connectivity index (χ0) is 25.6. The third-order valence-electron chi connectivity index (χ3n) is 6.44. The second-order valence-corrected chi connectivity index (χ2v) is 11.2. The fourth-order valence-corrected chi connectivity index (χ4v) is 5.66. The number of nitrogens with zero attached hydrogens (tertiary/aromatic N) is 4. The molecule has 1 aliphatic carbocycles. The molecule has 6 rings (SSSR count). The number of carbonyl (C=O) groups is 1. The molecule has 2 aliphatic rings. The minimum atomic E-state index is -3.76. The first-order chi connectivity index (χ1) is 17.9. The molecule has 11 heteroatoms. The Hall–Kier alpha value is -3.83. The van der Waals surface area contributed by atoms with Crippen LogP contribution in [0, 0.1) is 5.82 Å². The van der Waals surface area contributed by atoms with Crippen molar-refractivity contribution >= 4 is 26.8 Å². The quantitative estimate of drug-likeness (QED) is 0.426. The van der Waals surface area contributed by atoms with E-state index in [1.807, 2.05) is 18.2 Å². The standard InChI is InChI=1S/C26H22FN5O4S/c27-19-8-16(9-25-18(19)14-36-6-7-37(25,34)35)26(33)30-11-17-10-22-23(12-28-17)29-13-24(32-22)21-3-1-2-20(31-21)15-4-5-15/h1-3,8-10,12-13,15H,4-7,11,14H2,(H,30,33). The molecule has 1 aromatic carbocycles. The number of aromatic nitrogens is 4. The van der Waals surface area contributed by atoms with E-state index in [9.17, 15) is 17.6 Å². The van der Waals surface area contributed by atoms with Gasteiger partial charge in [0, 0.05) is 22.7 Å². The van der Waals surface area contributed by atoms with E-state index >= 15 is 0 Å². The molecule has 0 saturated heterocycles. The van der Waals surface area contributed by atoms with E-state index in [2.05, 4.69) is 15.3 Å². The third-order valence-corrected chi connectivity index (χ3v) is 8.18. The Balaban J connectivity index is 1.23. The number of hydrogen-bond acceptors (Lipinski definition) is 8. The topological polar surface area (TPSA) is 124 Å². The van der Waals surface area contributed by atoms with Crippen LogP contribution in [-0.4, -0.2) is 46.6 Å². The van der Waals surface area contributed by atoms with Gasteiger partial charge in [-0.15, -0.1) is 0 Å². The van der Waals surface area contributed by atoms with Crippen LogP contribution in [0.5, 0.6) is 0 Å². The molecule has 0 unspecified atom stereocenters. The molecule has 1 aliphatic heterocycles. The van der Waals surface area contributed by atoms with Gasteiger partial charge in [-0.3, -0.25) is 19.7 Å². The van der Waals surface area contributed by atoms with E-state index in [1.54, 1.807) is 18.5 Å². The van der Waals surface area contributed by atoms with Crippen LogP contribution in [0.15, 0.2) is 53.7 Å².